The average molecular weight is 383 g/mol. The van der Waals surface area contributed by atoms with E-state index in [2.05, 4.69) is 0 Å². The van der Waals surface area contributed by atoms with Crippen LogP contribution in [0.1, 0.15) is 37.5 Å². The highest BCUT2D eigenvalue weighted by molar-refractivity contribution is 5.81. The van der Waals surface area contributed by atoms with E-state index < -0.39 is 17.3 Å². The monoisotopic (exact) mass is 383 g/mol. The maximum Gasteiger partial charge on any atom is 0.420 e. The highest BCUT2D eigenvalue weighted by Gasteiger charge is 2.19. The van der Waals surface area contributed by atoms with Gasteiger partial charge in [-0.1, -0.05) is 29.8 Å². The van der Waals surface area contributed by atoms with E-state index in [1.807, 2.05) is 32.0 Å². The molecule has 0 atom stereocenters. The molecule has 2 aromatic carbocycles. The predicted molar refractivity (Wildman–Crippen MR) is 107 cm³/mol. The van der Waals surface area contributed by atoms with Gasteiger partial charge in [0.1, 0.15) is 16.9 Å². The van der Waals surface area contributed by atoms with E-state index in [-0.39, 0.29) is 6.61 Å². The van der Waals surface area contributed by atoms with Crippen LogP contribution < -0.4 is 10.5 Å². The zero-order valence-corrected chi connectivity index (χ0v) is 16.9. The predicted octanol–water partition coefficient (Wildman–Crippen LogP) is 3.98. The topological polar surface area (TPSA) is 70.7 Å². The van der Waals surface area contributed by atoms with E-state index in [0.717, 1.165) is 16.7 Å². The molecular formula is C22H25NO5. The number of ether oxygens (including phenoxy) is 2. The molecule has 0 spiro atoms. The summed E-state index contributed by atoms with van der Waals surface area (Å²) in [4.78, 5) is 24.5. The summed E-state index contributed by atoms with van der Waals surface area (Å²) < 4.78 is 17.9. The lowest BCUT2D eigenvalue weighted by Gasteiger charge is -2.19. The minimum Gasteiger partial charge on any atom is -0.480 e. The van der Waals surface area contributed by atoms with Gasteiger partial charge in [-0.2, -0.15) is 0 Å². The molecule has 0 unspecified atom stereocenters. The van der Waals surface area contributed by atoms with Crippen LogP contribution >= 0.6 is 0 Å². The minimum absolute atomic E-state index is 0.251. The number of para-hydroxylation sites is 1. The Hall–Kier alpha value is -3.02. The second-order valence-electron chi connectivity index (χ2n) is 7.86. The molecule has 3 aromatic rings. The number of fused-ring (bicyclic) bond motifs is 1. The number of benzene rings is 2. The molecular weight excluding hydrogens is 358 g/mol. The third kappa shape index (κ3) is 4.44. The fraction of sp³-hybridized carbons (Fsp3) is 0.364. The van der Waals surface area contributed by atoms with E-state index in [4.69, 9.17) is 13.9 Å². The van der Waals surface area contributed by atoms with Crippen LogP contribution in [-0.4, -0.2) is 22.7 Å². The number of rotatable bonds is 5. The zero-order chi connectivity index (χ0) is 20.5. The quantitative estimate of drug-likeness (QED) is 0.623. The molecule has 0 radical (unpaired) electrons. The lowest BCUT2D eigenvalue weighted by molar-refractivity contribution is -0.157. The Morgan fingerprint density at radius 3 is 2.61 bits per heavy atom. The van der Waals surface area contributed by atoms with Gasteiger partial charge in [0, 0.05) is 0 Å². The molecule has 0 amide bonds. The Morgan fingerprint density at radius 2 is 1.89 bits per heavy atom. The van der Waals surface area contributed by atoms with Crippen molar-refractivity contribution in [3.63, 3.8) is 0 Å². The van der Waals surface area contributed by atoms with Crippen LogP contribution in [0.2, 0.25) is 0 Å². The minimum atomic E-state index is -0.590. The van der Waals surface area contributed by atoms with Gasteiger partial charge in [-0.25, -0.2) is 9.59 Å². The molecule has 0 N–H and O–H groups in total. The largest absolute Gasteiger partial charge is 0.480 e. The first kappa shape index (κ1) is 19.7. The van der Waals surface area contributed by atoms with Gasteiger partial charge >= 0.3 is 11.7 Å². The number of hydrogen-bond donors (Lipinski definition) is 0. The van der Waals surface area contributed by atoms with E-state index in [1.165, 1.54) is 4.57 Å². The van der Waals surface area contributed by atoms with Gasteiger partial charge in [-0.3, -0.25) is 4.57 Å². The van der Waals surface area contributed by atoms with E-state index in [9.17, 15) is 9.59 Å². The molecule has 1 heterocycles. The van der Waals surface area contributed by atoms with Crippen molar-refractivity contribution in [3.8, 4) is 5.75 Å². The van der Waals surface area contributed by atoms with Gasteiger partial charge in [0.2, 0.25) is 0 Å². The molecule has 0 bridgehead atoms. The molecule has 28 heavy (non-hydrogen) atoms. The summed E-state index contributed by atoms with van der Waals surface area (Å²) in [5.74, 6) is -0.542. The molecule has 0 aliphatic heterocycles. The summed E-state index contributed by atoms with van der Waals surface area (Å²) in [5.41, 5.74) is 3.56. The molecule has 0 saturated heterocycles. The molecule has 0 aliphatic rings. The van der Waals surface area contributed by atoms with Crippen LogP contribution in [0.3, 0.4) is 0 Å². The van der Waals surface area contributed by atoms with Crippen LogP contribution in [-0.2, 0) is 16.1 Å². The number of hydrogen-bond acceptors (Lipinski definition) is 5. The third-order valence-electron chi connectivity index (χ3n) is 4.25. The lowest BCUT2D eigenvalue weighted by Crippen LogP contribution is -2.27. The van der Waals surface area contributed by atoms with E-state index in [1.54, 1.807) is 39.0 Å². The Balaban J connectivity index is 1.94. The van der Waals surface area contributed by atoms with Gasteiger partial charge < -0.3 is 13.9 Å². The maximum atomic E-state index is 12.5. The second kappa shape index (κ2) is 7.54. The highest BCUT2D eigenvalue weighted by Crippen LogP contribution is 2.26. The molecule has 0 aliphatic carbocycles. The van der Waals surface area contributed by atoms with Gasteiger partial charge in [0.15, 0.2) is 12.2 Å². The Kier molecular flexibility index (Phi) is 5.31. The van der Waals surface area contributed by atoms with Crippen molar-refractivity contribution in [2.24, 2.45) is 0 Å². The van der Waals surface area contributed by atoms with E-state index >= 15 is 0 Å². The summed E-state index contributed by atoms with van der Waals surface area (Å²) >= 11 is 0. The van der Waals surface area contributed by atoms with Crippen LogP contribution in [0.15, 0.2) is 45.6 Å². The average Bonchev–Trinajstić information content (AvgIpc) is 2.91. The number of esters is 1. The molecule has 6 nitrogen and oxygen atoms in total. The molecule has 148 valence electrons. The van der Waals surface area contributed by atoms with Crippen molar-refractivity contribution >= 4 is 17.1 Å². The Bertz CT molecular complexity index is 1070. The zero-order valence-electron chi connectivity index (χ0n) is 16.9. The standard InChI is InChI=1S/C22H25NO5/c1-14-9-10-15(2)16(11-14)12-23-20-17(7-6-8-18(20)27-21(23)25)26-13-19(24)28-22(3,4)5/h6-11H,12-13H2,1-5H3. The van der Waals surface area contributed by atoms with Crippen LogP contribution in [0.4, 0.5) is 0 Å². The number of carbonyl (C=O) groups is 1. The second-order valence-corrected chi connectivity index (χ2v) is 7.86. The van der Waals surface area contributed by atoms with Crippen molar-refractivity contribution in [2.75, 3.05) is 6.61 Å². The molecule has 3 rings (SSSR count). The first-order valence-electron chi connectivity index (χ1n) is 9.17. The van der Waals surface area contributed by atoms with Crippen molar-refractivity contribution in [3.05, 3.63) is 63.6 Å². The number of aromatic nitrogens is 1. The Morgan fingerprint density at radius 1 is 1.14 bits per heavy atom. The van der Waals surface area contributed by atoms with Crippen molar-refractivity contribution in [2.45, 2.75) is 46.8 Å². The summed E-state index contributed by atoms with van der Waals surface area (Å²) in [5, 5.41) is 0. The number of carbonyl (C=O) groups excluding carboxylic acids is 1. The fourth-order valence-corrected chi connectivity index (χ4v) is 3.00. The van der Waals surface area contributed by atoms with Gasteiger partial charge in [-0.15, -0.1) is 0 Å². The molecule has 0 saturated carbocycles. The normalized spacial score (nSPS) is 11.6. The maximum absolute atomic E-state index is 12.5. The van der Waals surface area contributed by atoms with E-state index in [0.29, 0.717) is 23.4 Å². The first-order valence-corrected chi connectivity index (χ1v) is 9.17. The smallest absolute Gasteiger partial charge is 0.420 e. The molecule has 1 aromatic heterocycles. The summed E-state index contributed by atoms with van der Waals surface area (Å²) in [7, 11) is 0. The number of nitrogens with zero attached hydrogens (tertiary/aromatic N) is 1. The third-order valence-corrected chi connectivity index (χ3v) is 4.25. The number of oxazole rings is 1. The number of aryl methyl sites for hydroxylation is 2. The van der Waals surface area contributed by atoms with Crippen LogP contribution in [0, 0.1) is 13.8 Å². The fourth-order valence-electron chi connectivity index (χ4n) is 3.00. The van der Waals surface area contributed by atoms with Gasteiger partial charge in [0.05, 0.1) is 6.54 Å². The SMILES string of the molecule is Cc1ccc(C)c(Cn2c(=O)oc3cccc(OCC(=O)OC(C)(C)C)c32)c1. The first-order chi connectivity index (χ1) is 13.1. The van der Waals surface area contributed by atoms with Crippen LogP contribution in [0.5, 0.6) is 5.75 Å². The Labute approximate surface area is 163 Å². The highest BCUT2D eigenvalue weighted by atomic mass is 16.6. The lowest BCUT2D eigenvalue weighted by atomic mass is 10.1. The summed E-state index contributed by atoms with van der Waals surface area (Å²) in [6.07, 6.45) is 0. The van der Waals surface area contributed by atoms with Crippen molar-refractivity contribution in [1.82, 2.24) is 4.57 Å². The van der Waals surface area contributed by atoms with Crippen molar-refractivity contribution < 1.29 is 18.7 Å². The van der Waals surface area contributed by atoms with Crippen LogP contribution in [0.25, 0.3) is 11.1 Å². The molecule has 6 heteroatoms. The van der Waals surface area contributed by atoms with Gasteiger partial charge in [-0.05, 0) is 57.9 Å². The summed E-state index contributed by atoms with van der Waals surface area (Å²) in [6, 6.07) is 11.2. The summed E-state index contributed by atoms with van der Waals surface area (Å²) in [6.45, 7) is 9.50. The van der Waals surface area contributed by atoms with Crippen molar-refractivity contribution in [1.29, 1.82) is 0 Å². The van der Waals surface area contributed by atoms with Gasteiger partial charge in [0.25, 0.3) is 0 Å². The molecule has 0 fully saturated rings.